The first-order valence-electron chi connectivity index (χ1n) is 14.7. The van der Waals surface area contributed by atoms with Crippen molar-refractivity contribution >= 4 is 29.6 Å². The fourth-order valence-electron chi connectivity index (χ4n) is 5.57. The second kappa shape index (κ2) is 15.7. The summed E-state index contributed by atoms with van der Waals surface area (Å²) >= 11 is 0. The minimum Gasteiger partial charge on any atom is -0.542 e. The zero-order chi connectivity index (χ0) is 35.8. The molecule has 2 heterocycles. The van der Waals surface area contributed by atoms with Crippen molar-refractivity contribution in [2.45, 2.75) is 44.1 Å². The number of aromatic hydroxyl groups is 2. The van der Waals surface area contributed by atoms with Gasteiger partial charge < -0.3 is 45.0 Å². The number of halogens is 3. The Balaban J connectivity index is 0.000000804. The van der Waals surface area contributed by atoms with Gasteiger partial charge in [0, 0.05) is 18.8 Å². The summed E-state index contributed by atoms with van der Waals surface area (Å²) in [6.07, 6.45) is -2.04. The van der Waals surface area contributed by atoms with Crippen molar-refractivity contribution in [2.24, 2.45) is 12.8 Å². The number of anilines is 1. The third kappa shape index (κ3) is 10.2. The fraction of sp³-hybridized carbons (Fsp3) is 0.375. The lowest BCUT2D eigenvalue weighted by Crippen LogP contribution is -2.62. The van der Waals surface area contributed by atoms with Gasteiger partial charge in [0.2, 0.25) is 5.91 Å². The van der Waals surface area contributed by atoms with Crippen LogP contribution in [0.3, 0.4) is 0 Å². The standard InChI is InChI=1S/C30H37N5O6.C2HF3O2/c1-33-17-22(16-27(33)29(39)41-3)32-30(40)34(28(38)26(31)15-20-9-11-24(36)12-10-20)23-7-5-13-35(2,19-23)18-21-6-4-8-25(37)14-21;3-2(4,5)1(6)7/h4,6,8-12,14,16-17,23,26H,5,7,13,15,18-19,31H2,1-3H3,(H2-,32,36,37,40);(H,6,7)/t23-,26-,35?;/m0./s1. The van der Waals surface area contributed by atoms with E-state index in [0.717, 1.165) is 24.1 Å². The van der Waals surface area contributed by atoms with Crippen LogP contribution in [0.4, 0.5) is 23.7 Å². The zero-order valence-electron chi connectivity index (χ0n) is 26.6. The number of carboxylic acid groups (broad SMARTS) is 1. The highest BCUT2D eigenvalue weighted by Crippen LogP contribution is 2.27. The highest BCUT2D eigenvalue weighted by molar-refractivity contribution is 6.04. The van der Waals surface area contributed by atoms with Crippen LogP contribution in [0.5, 0.6) is 11.5 Å². The lowest BCUT2D eigenvalue weighted by Gasteiger charge is -2.44. The number of alkyl halides is 3. The molecule has 1 aliphatic heterocycles. The number of amides is 3. The minimum atomic E-state index is -5.19. The van der Waals surface area contributed by atoms with E-state index in [1.807, 2.05) is 6.07 Å². The predicted molar refractivity (Wildman–Crippen MR) is 164 cm³/mol. The van der Waals surface area contributed by atoms with Crippen LogP contribution in [-0.2, 0) is 34.3 Å². The first-order chi connectivity index (χ1) is 22.4. The van der Waals surface area contributed by atoms with Crippen LogP contribution in [0.15, 0.2) is 60.8 Å². The number of nitrogens with two attached hydrogens (primary N) is 1. The molecule has 4 rings (SSSR count). The molecule has 0 bridgehead atoms. The number of aromatic nitrogens is 1. The molecule has 1 unspecified atom stereocenters. The van der Waals surface area contributed by atoms with Gasteiger partial charge in [-0.2, -0.15) is 13.2 Å². The molecule has 1 fully saturated rings. The van der Waals surface area contributed by atoms with Crippen LogP contribution in [0.25, 0.3) is 0 Å². The SMILES string of the molecule is COC(=O)c1cc(NC(=O)N(C(=O)[C@@H](N)Cc2ccc(O)cc2)[C@H]2CCC[N+](C)(Cc3cccc(O)c3)C2)cn1C.O=C([O-])C(F)(F)F. The maximum absolute atomic E-state index is 13.9. The lowest BCUT2D eigenvalue weighted by molar-refractivity contribution is -0.928. The number of esters is 1. The number of likely N-dealkylation sites (N-methyl/N-ethyl adjacent to an activating group) is 1. The number of aryl methyl sites for hydroxylation is 1. The van der Waals surface area contributed by atoms with Crippen LogP contribution >= 0.6 is 0 Å². The van der Waals surface area contributed by atoms with Gasteiger partial charge in [-0.25, -0.2) is 9.59 Å². The molecule has 3 atom stereocenters. The summed E-state index contributed by atoms with van der Waals surface area (Å²) in [6, 6.07) is 12.9. The number of hydrogen-bond donors (Lipinski definition) is 4. The molecule has 0 spiro atoms. The van der Waals surface area contributed by atoms with Crippen molar-refractivity contribution in [2.75, 3.05) is 32.6 Å². The summed E-state index contributed by atoms with van der Waals surface area (Å²) < 4.78 is 38.5. The molecular formula is C32H38F3N5O8. The van der Waals surface area contributed by atoms with E-state index in [2.05, 4.69) is 12.4 Å². The number of nitrogens with zero attached hydrogens (tertiary/aromatic N) is 3. The van der Waals surface area contributed by atoms with Gasteiger partial charge in [0.1, 0.15) is 36.3 Å². The summed E-state index contributed by atoms with van der Waals surface area (Å²) in [6.45, 7) is 1.97. The quantitative estimate of drug-likeness (QED) is 0.205. The predicted octanol–water partition coefficient (Wildman–Crippen LogP) is 2.26. The molecule has 0 radical (unpaired) electrons. The molecular weight excluding hydrogens is 639 g/mol. The number of imide groups is 1. The van der Waals surface area contributed by atoms with E-state index in [1.54, 1.807) is 43.6 Å². The van der Waals surface area contributed by atoms with Gasteiger partial charge >= 0.3 is 18.2 Å². The summed E-state index contributed by atoms with van der Waals surface area (Å²) in [5.74, 6) is -3.78. The molecule has 0 saturated carbocycles. The molecule has 13 nitrogen and oxygen atoms in total. The van der Waals surface area contributed by atoms with Gasteiger partial charge in [0.25, 0.3) is 0 Å². The van der Waals surface area contributed by atoms with Crippen LogP contribution < -0.4 is 16.2 Å². The van der Waals surface area contributed by atoms with E-state index in [1.165, 1.54) is 34.8 Å². The van der Waals surface area contributed by atoms with Crippen molar-refractivity contribution in [3.63, 3.8) is 0 Å². The Morgan fingerprint density at radius 1 is 1.10 bits per heavy atom. The van der Waals surface area contributed by atoms with E-state index in [-0.39, 0.29) is 23.6 Å². The summed E-state index contributed by atoms with van der Waals surface area (Å²) in [5.41, 5.74) is 8.69. The van der Waals surface area contributed by atoms with Crippen molar-refractivity contribution < 1.29 is 56.9 Å². The Morgan fingerprint density at radius 3 is 2.33 bits per heavy atom. The monoisotopic (exact) mass is 677 g/mol. The highest BCUT2D eigenvalue weighted by atomic mass is 19.4. The van der Waals surface area contributed by atoms with Crippen molar-refractivity contribution in [1.29, 1.82) is 0 Å². The molecule has 3 aromatic rings. The molecule has 2 aromatic carbocycles. The number of urea groups is 1. The third-order valence-electron chi connectivity index (χ3n) is 7.77. The van der Waals surface area contributed by atoms with E-state index in [4.69, 9.17) is 20.4 Å². The van der Waals surface area contributed by atoms with Crippen LogP contribution in [0.1, 0.15) is 34.5 Å². The Kier molecular flexibility index (Phi) is 12.2. The Labute approximate surface area is 274 Å². The molecule has 48 heavy (non-hydrogen) atoms. The number of ether oxygens (including phenoxy) is 1. The van der Waals surface area contributed by atoms with Crippen LogP contribution in [0.2, 0.25) is 0 Å². The number of likely N-dealkylation sites (tertiary alicyclic amines) is 1. The molecule has 16 heteroatoms. The second-order valence-corrected chi connectivity index (χ2v) is 11.8. The number of methoxy groups -OCH3 is 1. The molecule has 1 saturated heterocycles. The van der Waals surface area contributed by atoms with Crippen molar-refractivity contribution in [3.8, 4) is 11.5 Å². The van der Waals surface area contributed by atoms with E-state index < -0.39 is 42.1 Å². The zero-order valence-corrected chi connectivity index (χ0v) is 26.6. The molecule has 0 aliphatic carbocycles. The van der Waals surface area contributed by atoms with Crippen LogP contribution in [0, 0.1) is 0 Å². The largest absolute Gasteiger partial charge is 0.542 e. The highest BCUT2D eigenvalue weighted by Gasteiger charge is 2.41. The summed E-state index contributed by atoms with van der Waals surface area (Å²) in [5, 5.41) is 31.1. The third-order valence-corrected chi connectivity index (χ3v) is 7.77. The molecule has 5 N–H and O–H groups in total. The van der Waals surface area contributed by atoms with Gasteiger partial charge in [-0.15, -0.1) is 0 Å². The number of rotatable bonds is 8. The number of phenolic OH excluding ortho intramolecular Hbond substituents is 2. The van der Waals surface area contributed by atoms with E-state index in [0.29, 0.717) is 29.7 Å². The average molecular weight is 678 g/mol. The van der Waals surface area contributed by atoms with Gasteiger partial charge in [-0.05, 0) is 55.2 Å². The normalized spacial score (nSPS) is 18.1. The number of nitrogens with one attached hydrogen (secondary N) is 1. The number of piperidine rings is 1. The molecule has 3 amide bonds. The number of phenols is 2. The molecule has 1 aromatic heterocycles. The number of carboxylic acids is 1. The summed E-state index contributed by atoms with van der Waals surface area (Å²) in [7, 11) is 5.01. The Morgan fingerprint density at radius 2 is 1.75 bits per heavy atom. The molecule has 1 aliphatic rings. The number of hydrogen-bond acceptors (Lipinski definition) is 9. The van der Waals surface area contributed by atoms with Crippen molar-refractivity contribution in [3.05, 3.63) is 77.6 Å². The van der Waals surface area contributed by atoms with E-state index >= 15 is 0 Å². The Hall–Kier alpha value is -5.09. The number of carbonyl (C=O) groups is 4. The molecule has 260 valence electrons. The maximum Gasteiger partial charge on any atom is 0.430 e. The minimum absolute atomic E-state index is 0.106. The van der Waals surface area contributed by atoms with Gasteiger partial charge in [-0.3, -0.25) is 9.69 Å². The van der Waals surface area contributed by atoms with Gasteiger partial charge in [0.05, 0.1) is 38.5 Å². The average Bonchev–Trinajstić information content (AvgIpc) is 3.37. The first-order valence-corrected chi connectivity index (χ1v) is 14.7. The smallest absolute Gasteiger partial charge is 0.430 e. The lowest BCUT2D eigenvalue weighted by atomic mass is 9.98. The number of carbonyl (C=O) groups excluding carboxylic acids is 4. The van der Waals surface area contributed by atoms with Gasteiger partial charge in [-0.1, -0.05) is 24.3 Å². The van der Waals surface area contributed by atoms with Gasteiger partial charge in [0.15, 0.2) is 0 Å². The topological polar surface area (TPSA) is 187 Å². The first kappa shape index (κ1) is 37.4. The second-order valence-electron chi connectivity index (χ2n) is 11.8. The Bertz CT molecular complexity index is 1610. The number of benzene rings is 2. The van der Waals surface area contributed by atoms with E-state index in [9.17, 15) is 37.8 Å². The van der Waals surface area contributed by atoms with Crippen molar-refractivity contribution in [1.82, 2.24) is 9.47 Å². The number of aliphatic carboxylic acids is 1. The fourth-order valence-corrected chi connectivity index (χ4v) is 5.57. The number of quaternary nitrogens is 1. The maximum atomic E-state index is 13.9. The van der Waals surface area contributed by atoms with Crippen LogP contribution in [-0.4, -0.2) is 93.5 Å². The summed E-state index contributed by atoms with van der Waals surface area (Å²) in [4.78, 5) is 49.7.